The molecule has 7 aromatic carbocycles. The monoisotopic (exact) mass is 574 g/mol. The summed E-state index contributed by atoms with van der Waals surface area (Å²) in [5, 5.41) is 10.2. The van der Waals surface area contributed by atoms with Crippen molar-refractivity contribution in [3.63, 3.8) is 0 Å². The Morgan fingerprint density at radius 1 is 0.422 bits per heavy atom. The van der Waals surface area contributed by atoms with Gasteiger partial charge >= 0.3 is 0 Å². The van der Waals surface area contributed by atoms with Crippen molar-refractivity contribution in [1.29, 1.82) is 0 Å². The summed E-state index contributed by atoms with van der Waals surface area (Å²) in [6, 6.07) is 52.7. The van der Waals surface area contributed by atoms with Gasteiger partial charge in [-0.25, -0.2) is 4.98 Å². The minimum absolute atomic E-state index is 0.983. The minimum Gasteiger partial charge on any atom is -0.309 e. The van der Waals surface area contributed by atoms with Crippen LogP contribution < -0.4 is 0 Å². The third kappa shape index (κ3) is 3.92. The van der Waals surface area contributed by atoms with Crippen LogP contribution in [0.4, 0.5) is 0 Å². The zero-order valence-electron chi connectivity index (χ0n) is 25.3. The first-order valence-corrected chi connectivity index (χ1v) is 15.6. The van der Waals surface area contributed by atoms with Crippen molar-refractivity contribution >= 4 is 54.1 Å². The lowest BCUT2D eigenvalue weighted by Gasteiger charge is -2.16. The molecule has 2 aromatic heterocycles. The predicted molar refractivity (Wildman–Crippen MR) is 191 cm³/mol. The second-order valence-corrected chi connectivity index (χ2v) is 12.1. The number of hydrogen-bond acceptors (Lipinski definition) is 1. The highest BCUT2D eigenvalue weighted by molar-refractivity contribution is 6.26. The number of aromatic nitrogens is 2. The molecular weight excluding hydrogens is 544 g/mol. The number of rotatable bonds is 3. The molecule has 9 aromatic rings. The van der Waals surface area contributed by atoms with E-state index in [1.54, 1.807) is 0 Å². The molecule has 0 fully saturated rings. The van der Waals surface area contributed by atoms with Gasteiger partial charge in [0.15, 0.2) is 0 Å². The van der Waals surface area contributed by atoms with Crippen molar-refractivity contribution in [3.05, 3.63) is 157 Å². The second-order valence-electron chi connectivity index (χ2n) is 12.1. The Hall–Kier alpha value is -5.73. The normalized spacial score (nSPS) is 11.8. The van der Waals surface area contributed by atoms with Gasteiger partial charge in [0.25, 0.3) is 0 Å². The highest BCUT2D eigenvalue weighted by Gasteiger charge is 2.16. The van der Waals surface area contributed by atoms with E-state index in [0.717, 1.165) is 17.0 Å². The van der Waals surface area contributed by atoms with Gasteiger partial charge in [-0.2, -0.15) is 0 Å². The first-order valence-electron chi connectivity index (χ1n) is 15.6. The molecular formula is C43H30N2. The van der Waals surface area contributed by atoms with Crippen LogP contribution in [0.5, 0.6) is 0 Å². The molecule has 0 unspecified atom stereocenters. The quantitative estimate of drug-likeness (QED) is 0.192. The first-order chi connectivity index (χ1) is 22.2. The van der Waals surface area contributed by atoms with Gasteiger partial charge in [-0.1, -0.05) is 103 Å². The van der Waals surface area contributed by atoms with Crippen LogP contribution in [0.3, 0.4) is 0 Å². The molecule has 0 aliphatic rings. The summed E-state index contributed by atoms with van der Waals surface area (Å²) in [6.07, 6.45) is 0. The fourth-order valence-electron chi connectivity index (χ4n) is 7.26. The summed E-state index contributed by atoms with van der Waals surface area (Å²) in [7, 11) is 0. The molecule has 2 heteroatoms. The van der Waals surface area contributed by atoms with Crippen LogP contribution in [0.2, 0.25) is 0 Å². The number of fused-ring (bicyclic) bond motifs is 9. The van der Waals surface area contributed by atoms with E-state index in [1.165, 1.54) is 76.5 Å². The Morgan fingerprint density at radius 3 is 1.71 bits per heavy atom. The molecule has 212 valence electrons. The van der Waals surface area contributed by atoms with Crippen molar-refractivity contribution in [3.8, 4) is 28.2 Å². The highest BCUT2D eigenvalue weighted by Crippen LogP contribution is 2.40. The largest absolute Gasteiger partial charge is 0.309 e. The van der Waals surface area contributed by atoms with Gasteiger partial charge in [-0.05, 0) is 99.8 Å². The van der Waals surface area contributed by atoms with Crippen LogP contribution in [0, 0.1) is 13.8 Å². The molecule has 2 heterocycles. The predicted octanol–water partition coefficient (Wildman–Crippen LogP) is 11.6. The summed E-state index contributed by atoms with van der Waals surface area (Å²) in [4.78, 5) is 5.37. The van der Waals surface area contributed by atoms with Crippen molar-refractivity contribution in [2.24, 2.45) is 0 Å². The first kappa shape index (κ1) is 25.7. The number of hydrogen-bond donors (Lipinski definition) is 0. The molecule has 0 bridgehead atoms. The van der Waals surface area contributed by atoms with Crippen LogP contribution in [0.15, 0.2) is 146 Å². The van der Waals surface area contributed by atoms with E-state index in [0.29, 0.717) is 0 Å². The molecule has 0 radical (unpaired) electrons. The van der Waals surface area contributed by atoms with Crippen molar-refractivity contribution < 1.29 is 0 Å². The molecule has 0 aliphatic carbocycles. The lowest BCUT2D eigenvalue weighted by atomic mass is 9.90. The van der Waals surface area contributed by atoms with Crippen molar-refractivity contribution in [1.82, 2.24) is 9.55 Å². The SMILES string of the molecule is Cc1cc2c3ccccc3c3ccccc3c2cc1-c1nc(-c2ccc3c(c2)c2ccccc2n3-c2ccccc2)ccc1C. The molecule has 0 saturated heterocycles. The van der Waals surface area contributed by atoms with E-state index in [2.05, 4.69) is 164 Å². The van der Waals surface area contributed by atoms with Crippen LogP contribution in [0.25, 0.3) is 82.3 Å². The highest BCUT2D eigenvalue weighted by atomic mass is 15.0. The van der Waals surface area contributed by atoms with E-state index >= 15 is 0 Å². The number of aryl methyl sites for hydroxylation is 2. The Labute approximate surface area is 261 Å². The lowest BCUT2D eigenvalue weighted by Crippen LogP contribution is -1.95. The maximum absolute atomic E-state index is 5.37. The number of para-hydroxylation sites is 2. The second kappa shape index (κ2) is 9.90. The summed E-state index contributed by atoms with van der Waals surface area (Å²) in [5.74, 6) is 0. The van der Waals surface area contributed by atoms with E-state index in [4.69, 9.17) is 4.98 Å². The topological polar surface area (TPSA) is 17.8 Å². The van der Waals surface area contributed by atoms with E-state index in [9.17, 15) is 0 Å². The van der Waals surface area contributed by atoms with E-state index in [1.807, 2.05) is 0 Å². The van der Waals surface area contributed by atoms with Gasteiger partial charge in [0.05, 0.1) is 22.4 Å². The molecule has 9 rings (SSSR count). The maximum atomic E-state index is 5.37. The van der Waals surface area contributed by atoms with Crippen LogP contribution >= 0.6 is 0 Å². The number of benzene rings is 7. The fourth-order valence-corrected chi connectivity index (χ4v) is 7.26. The van der Waals surface area contributed by atoms with Crippen LogP contribution in [0.1, 0.15) is 11.1 Å². The summed E-state index contributed by atoms with van der Waals surface area (Å²) >= 11 is 0. The van der Waals surface area contributed by atoms with Crippen LogP contribution in [-0.4, -0.2) is 9.55 Å². The number of pyridine rings is 1. The maximum Gasteiger partial charge on any atom is 0.0741 e. The third-order valence-corrected chi connectivity index (χ3v) is 9.42. The molecule has 0 atom stereocenters. The van der Waals surface area contributed by atoms with Gasteiger partial charge in [0.1, 0.15) is 0 Å². The summed E-state index contributed by atoms with van der Waals surface area (Å²) in [6.45, 7) is 4.39. The Bertz CT molecular complexity index is 2610. The summed E-state index contributed by atoms with van der Waals surface area (Å²) in [5.41, 5.74) is 10.3. The molecule has 2 nitrogen and oxygen atoms in total. The lowest BCUT2D eigenvalue weighted by molar-refractivity contribution is 1.18. The van der Waals surface area contributed by atoms with E-state index < -0.39 is 0 Å². The van der Waals surface area contributed by atoms with Crippen LogP contribution in [-0.2, 0) is 0 Å². The van der Waals surface area contributed by atoms with Gasteiger partial charge in [-0.15, -0.1) is 0 Å². The minimum atomic E-state index is 0.983. The van der Waals surface area contributed by atoms with Gasteiger partial charge in [0.2, 0.25) is 0 Å². The standard InChI is InChI=1S/C43H30N2/c1-27-20-22-40(29-21-23-42-39(25-29)35-18-10-11-19-41(35)45(42)30-12-4-3-5-13-30)44-43(27)36-26-38-34-17-9-7-15-32(34)31-14-6-8-16-33(31)37(38)24-28(36)2/h3-26H,1-2H3. The molecule has 0 spiro atoms. The molecule has 0 aliphatic heterocycles. The van der Waals surface area contributed by atoms with Gasteiger partial charge in [0, 0.05) is 27.6 Å². The Balaban J connectivity index is 1.25. The average Bonchev–Trinajstić information content (AvgIpc) is 3.43. The van der Waals surface area contributed by atoms with Gasteiger partial charge in [-0.3, -0.25) is 0 Å². The molecule has 45 heavy (non-hydrogen) atoms. The Morgan fingerprint density at radius 2 is 1.00 bits per heavy atom. The van der Waals surface area contributed by atoms with Gasteiger partial charge < -0.3 is 4.57 Å². The van der Waals surface area contributed by atoms with Crippen molar-refractivity contribution in [2.45, 2.75) is 13.8 Å². The molecule has 0 N–H and O–H groups in total. The van der Waals surface area contributed by atoms with Crippen molar-refractivity contribution in [2.75, 3.05) is 0 Å². The summed E-state index contributed by atoms with van der Waals surface area (Å²) < 4.78 is 2.36. The third-order valence-electron chi connectivity index (χ3n) is 9.42. The molecule has 0 amide bonds. The fraction of sp³-hybridized carbons (Fsp3) is 0.0465. The Kier molecular flexibility index (Phi) is 5.66. The molecule has 0 saturated carbocycles. The number of nitrogens with zero attached hydrogens (tertiary/aromatic N) is 2. The average molecular weight is 575 g/mol. The zero-order chi connectivity index (χ0) is 30.1. The zero-order valence-corrected chi connectivity index (χ0v) is 25.3. The van der Waals surface area contributed by atoms with E-state index in [-0.39, 0.29) is 0 Å². The smallest absolute Gasteiger partial charge is 0.0741 e.